The molecule has 1 N–H and O–H groups in total. The van der Waals surface area contributed by atoms with E-state index in [9.17, 15) is 13.2 Å². The van der Waals surface area contributed by atoms with Gasteiger partial charge in [0.2, 0.25) is 0 Å². The van der Waals surface area contributed by atoms with Crippen molar-refractivity contribution in [1.82, 2.24) is 0 Å². The van der Waals surface area contributed by atoms with E-state index in [0.29, 0.717) is 17.1 Å². The van der Waals surface area contributed by atoms with Gasteiger partial charge in [-0.05, 0) is 62.1 Å². The summed E-state index contributed by atoms with van der Waals surface area (Å²) in [6, 6.07) is 19.4. The number of amides is 1. The van der Waals surface area contributed by atoms with E-state index in [1.165, 1.54) is 16.1 Å². The first kappa shape index (κ1) is 22.2. The fraction of sp³-hybridized carbons (Fsp3) is 0.208. The monoisotopic (exact) mass is 468 g/mol. The van der Waals surface area contributed by atoms with E-state index in [4.69, 9.17) is 4.74 Å². The summed E-state index contributed by atoms with van der Waals surface area (Å²) >= 11 is 1.52. The minimum atomic E-state index is -3.89. The van der Waals surface area contributed by atoms with Gasteiger partial charge >= 0.3 is 0 Å². The van der Waals surface area contributed by atoms with Gasteiger partial charge in [-0.25, -0.2) is 8.42 Å². The van der Waals surface area contributed by atoms with Gasteiger partial charge in [-0.15, -0.1) is 11.8 Å². The second kappa shape index (κ2) is 8.88. The zero-order valence-corrected chi connectivity index (χ0v) is 19.7. The number of rotatable bonds is 5. The second-order valence-corrected chi connectivity index (χ2v) is 10.3. The number of carbonyl (C=O) groups excluding carboxylic acids is 1. The molecule has 166 valence electrons. The van der Waals surface area contributed by atoms with Crippen LogP contribution in [0.25, 0.3) is 0 Å². The molecule has 8 heteroatoms. The lowest BCUT2D eigenvalue weighted by molar-refractivity contribution is -0.122. The van der Waals surface area contributed by atoms with Crippen LogP contribution in [0, 0.1) is 13.8 Å². The molecule has 0 fully saturated rings. The molecule has 0 aliphatic carbocycles. The summed E-state index contributed by atoms with van der Waals surface area (Å²) in [5.74, 6) is -0.0438. The summed E-state index contributed by atoms with van der Waals surface area (Å²) in [6.45, 7) is 3.66. The SMILES string of the molecule is CSc1ccccc1NC(=O)[C@H]1CN(S(=O)(=O)c2ccc(C)cc2)c2cc(C)ccc2O1. The van der Waals surface area contributed by atoms with E-state index in [1.807, 2.05) is 50.4 Å². The minimum Gasteiger partial charge on any atom is -0.476 e. The molecule has 3 aromatic rings. The topological polar surface area (TPSA) is 75.7 Å². The molecular formula is C24H24N2O4S2. The summed E-state index contributed by atoms with van der Waals surface area (Å²) < 4.78 is 34.3. The molecule has 1 aliphatic rings. The Morgan fingerprint density at radius 2 is 1.72 bits per heavy atom. The first-order valence-electron chi connectivity index (χ1n) is 10.1. The summed E-state index contributed by atoms with van der Waals surface area (Å²) in [5.41, 5.74) is 2.95. The van der Waals surface area contributed by atoms with Gasteiger partial charge in [-0.3, -0.25) is 9.10 Å². The highest BCUT2D eigenvalue weighted by Crippen LogP contribution is 2.38. The Balaban J connectivity index is 1.70. The molecule has 0 saturated carbocycles. The van der Waals surface area contributed by atoms with Crippen molar-refractivity contribution in [2.45, 2.75) is 29.7 Å². The molecule has 3 aromatic carbocycles. The van der Waals surface area contributed by atoms with E-state index in [-0.39, 0.29) is 11.4 Å². The van der Waals surface area contributed by atoms with Crippen LogP contribution >= 0.6 is 11.8 Å². The fourth-order valence-electron chi connectivity index (χ4n) is 3.52. The second-order valence-electron chi connectivity index (χ2n) is 7.62. The van der Waals surface area contributed by atoms with Crippen LogP contribution < -0.4 is 14.4 Å². The third-order valence-corrected chi connectivity index (χ3v) is 7.84. The number of ether oxygens (including phenoxy) is 1. The summed E-state index contributed by atoms with van der Waals surface area (Å²) in [4.78, 5) is 14.2. The average Bonchev–Trinajstić information content (AvgIpc) is 2.79. The highest BCUT2D eigenvalue weighted by Gasteiger charge is 2.37. The van der Waals surface area contributed by atoms with Crippen molar-refractivity contribution >= 4 is 39.1 Å². The van der Waals surface area contributed by atoms with Crippen LogP contribution in [0.15, 0.2) is 76.5 Å². The Labute approximate surface area is 192 Å². The predicted octanol–water partition coefficient (Wildman–Crippen LogP) is 4.62. The Kier molecular flexibility index (Phi) is 6.17. The number of nitrogens with one attached hydrogen (secondary N) is 1. The number of carbonyl (C=O) groups is 1. The van der Waals surface area contributed by atoms with Crippen molar-refractivity contribution in [1.29, 1.82) is 0 Å². The summed E-state index contributed by atoms with van der Waals surface area (Å²) in [6.07, 6.45) is 0.927. The molecule has 0 radical (unpaired) electrons. The van der Waals surface area contributed by atoms with Crippen molar-refractivity contribution in [2.75, 3.05) is 22.4 Å². The van der Waals surface area contributed by atoms with E-state index in [0.717, 1.165) is 16.0 Å². The van der Waals surface area contributed by atoms with Crippen LogP contribution in [0.1, 0.15) is 11.1 Å². The van der Waals surface area contributed by atoms with E-state index in [2.05, 4.69) is 5.32 Å². The van der Waals surface area contributed by atoms with Crippen LogP contribution in [-0.2, 0) is 14.8 Å². The van der Waals surface area contributed by atoms with Gasteiger partial charge in [0, 0.05) is 4.90 Å². The number of hydrogen-bond acceptors (Lipinski definition) is 5. The molecule has 0 unspecified atom stereocenters. The van der Waals surface area contributed by atoms with Crippen LogP contribution in [0.5, 0.6) is 5.75 Å². The van der Waals surface area contributed by atoms with E-state index < -0.39 is 22.0 Å². The molecule has 0 spiro atoms. The Morgan fingerprint density at radius 1 is 1.03 bits per heavy atom. The van der Waals surface area contributed by atoms with Crippen LogP contribution in [0.3, 0.4) is 0 Å². The number of fused-ring (bicyclic) bond motifs is 1. The molecule has 32 heavy (non-hydrogen) atoms. The number of anilines is 2. The van der Waals surface area contributed by atoms with Crippen molar-refractivity contribution < 1.29 is 17.9 Å². The van der Waals surface area contributed by atoms with Crippen molar-refractivity contribution in [3.63, 3.8) is 0 Å². The summed E-state index contributed by atoms with van der Waals surface area (Å²) in [7, 11) is -3.89. The zero-order chi connectivity index (χ0) is 22.9. The number of thioether (sulfide) groups is 1. The molecule has 1 aliphatic heterocycles. The Hall–Kier alpha value is -2.97. The third kappa shape index (κ3) is 4.33. The Morgan fingerprint density at radius 3 is 2.44 bits per heavy atom. The first-order chi connectivity index (χ1) is 15.3. The zero-order valence-electron chi connectivity index (χ0n) is 18.0. The highest BCUT2D eigenvalue weighted by atomic mass is 32.2. The van der Waals surface area contributed by atoms with Crippen LogP contribution in [0.2, 0.25) is 0 Å². The molecule has 0 saturated heterocycles. The fourth-order valence-corrected chi connectivity index (χ4v) is 5.55. The van der Waals surface area contributed by atoms with Gasteiger partial charge in [0.15, 0.2) is 6.10 Å². The molecule has 0 aromatic heterocycles. The predicted molar refractivity (Wildman–Crippen MR) is 128 cm³/mol. The quantitative estimate of drug-likeness (QED) is 0.553. The first-order valence-corrected chi connectivity index (χ1v) is 12.8. The maximum atomic E-state index is 13.5. The standard InChI is InChI=1S/C24H24N2O4S2/c1-16-8-11-18(12-9-16)32(28,29)26-15-22(30-21-13-10-17(2)14-20(21)26)24(27)25-19-6-4-5-7-23(19)31-3/h4-14,22H,15H2,1-3H3,(H,25,27)/t22-/m1/s1. The van der Waals surface area contributed by atoms with Gasteiger partial charge < -0.3 is 10.1 Å². The smallest absolute Gasteiger partial charge is 0.267 e. The number of hydrogen-bond donors (Lipinski definition) is 1. The molecule has 1 amide bonds. The van der Waals surface area contributed by atoms with Gasteiger partial charge in [0.1, 0.15) is 5.75 Å². The number of benzene rings is 3. The summed E-state index contributed by atoms with van der Waals surface area (Å²) in [5, 5.41) is 2.89. The maximum Gasteiger partial charge on any atom is 0.267 e. The normalized spacial score (nSPS) is 15.6. The molecule has 4 rings (SSSR count). The Bertz CT molecular complexity index is 1260. The van der Waals surface area contributed by atoms with Crippen LogP contribution in [-0.4, -0.2) is 33.2 Å². The molecule has 1 atom stereocenters. The lowest BCUT2D eigenvalue weighted by Gasteiger charge is -2.35. The van der Waals surface area contributed by atoms with Crippen molar-refractivity contribution in [2.24, 2.45) is 0 Å². The number of para-hydroxylation sites is 1. The van der Waals surface area contributed by atoms with Gasteiger partial charge in [0.25, 0.3) is 15.9 Å². The maximum absolute atomic E-state index is 13.5. The van der Waals surface area contributed by atoms with E-state index in [1.54, 1.807) is 36.4 Å². The van der Waals surface area contributed by atoms with Gasteiger partial charge in [-0.1, -0.05) is 35.9 Å². The highest BCUT2D eigenvalue weighted by molar-refractivity contribution is 7.98. The molecule has 6 nitrogen and oxygen atoms in total. The molecular weight excluding hydrogens is 444 g/mol. The van der Waals surface area contributed by atoms with Gasteiger partial charge in [-0.2, -0.15) is 0 Å². The van der Waals surface area contributed by atoms with E-state index >= 15 is 0 Å². The van der Waals surface area contributed by atoms with Crippen molar-refractivity contribution in [3.05, 3.63) is 77.9 Å². The largest absolute Gasteiger partial charge is 0.476 e. The van der Waals surface area contributed by atoms with Gasteiger partial charge in [0.05, 0.1) is 22.8 Å². The number of nitrogens with zero attached hydrogens (tertiary/aromatic N) is 1. The minimum absolute atomic E-state index is 0.125. The van der Waals surface area contributed by atoms with Crippen LogP contribution in [0.4, 0.5) is 11.4 Å². The lowest BCUT2D eigenvalue weighted by atomic mass is 10.1. The molecule has 1 heterocycles. The lowest BCUT2D eigenvalue weighted by Crippen LogP contribution is -2.48. The third-order valence-electron chi connectivity index (χ3n) is 5.25. The number of aryl methyl sites for hydroxylation is 2. The van der Waals surface area contributed by atoms with Crippen molar-refractivity contribution in [3.8, 4) is 5.75 Å². The average molecular weight is 469 g/mol. The molecule has 0 bridgehead atoms. The number of sulfonamides is 1.